The Morgan fingerprint density at radius 2 is 2.06 bits per heavy atom. The molecule has 2 aromatic rings. The van der Waals surface area contributed by atoms with E-state index in [4.69, 9.17) is 14.6 Å². The van der Waals surface area contributed by atoms with Crippen molar-refractivity contribution < 1.29 is 23.5 Å². The van der Waals surface area contributed by atoms with E-state index in [1.165, 1.54) is 18.2 Å². The summed E-state index contributed by atoms with van der Waals surface area (Å²) in [5, 5.41) is 7.98. The number of aromatic nitrogens is 2. The highest BCUT2D eigenvalue weighted by Gasteiger charge is 2.47. The predicted molar refractivity (Wildman–Crippen MR) is 118 cm³/mol. The van der Waals surface area contributed by atoms with Crippen LogP contribution in [-0.4, -0.2) is 48.0 Å². The molecule has 5 rings (SSSR count). The molecule has 7 nitrogen and oxygen atoms in total. The average molecular weight is 456 g/mol. The molecule has 2 fully saturated rings. The van der Waals surface area contributed by atoms with Crippen molar-refractivity contribution in [1.82, 2.24) is 15.1 Å². The van der Waals surface area contributed by atoms with E-state index in [0.29, 0.717) is 38.3 Å². The first kappa shape index (κ1) is 22.1. The van der Waals surface area contributed by atoms with Crippen LogP contribution in [0.15, 0.2) is 24.3 Å². The molecule has 1 aromatic heterocycles. The number of nitrogens with zero attached hydrogens (tertiary/aromatic N) is 2. The van der Waals surface area contributed by atoms with Crippen molar-refractivity contribution in [2.75, 3.05) is 26.4 Å². The number of carbonyl (C=O) groups is 2. The second-order valence-corrected chi connectivity index (χ2v) is 9.84. The van der Waals surface area contributed by atoms with Gasteiger partial charge in [0.2, 0.25) is 0 Å². The molecule has 0 bridgehead atoms. The third kappa shape index (κ3) is 4.40. The smallest absolute Gasteiger partial charge is 0.338 e. The first-order valence-corrected chi connectivity index (χ1v) is 11.8. The first-order valence-electron chi connectivity index (χ1n) is 11.8. The zero-order valence-electron chi connectivity index (χ0n) is 19.0. The minimum absolute atomic E-state index is 0.0114. The number of ether oxygens (including phenoxy) is 2. The highest BCUT2D eigenvalue weighted by atomic mass is 19.1. The Morgan fingerprint density at radius 1 is 1.27 bits per heavy atom. The lowest BCUT2D eigenvalue weighted by Crippen LogP contribution is -2.41. The maximum atomic E-state index is 13.5. The summed E-state index contributed by atoms with van der Waals surface area (Å²) < 4.78 is 26.6. The molecule has 8 heteroatoms. The summed E-state index contributed by atoms with van der Waals surface area (Å²) >= 11 is 0. The fraction of sp³-hybridized carbons (Fsp3) is 0.560. The van der Waals surface area contributed by atoms with E-state index in [1.54, 1.807) is 6.07 Å². The molecule has 3 heterocycles. The zero-order valence-corrected chi connectivity index (χ0v) is 19.0. The Hall–Kier alpha value is -2.74. The Morgan fingerprint density at radius 3 is 2.76 bits per heavy atom. The topological polar surface area (TPSA) is 82.5 Å². The van der Waals surface area contributed by atoms with Gasteiger partial charge in [-0.1, -0.05) is 13.0 Å². The van der Waals surface area contributed by atoms with Crippen molar-refractivity contribution in [3.63, 3.8) is 0 Å². The number of aryl methyl sites for hydroxylation is 1. The monoisotopic (exact) mass is 455 g/mol. The van der Waals surface area contributed by atoms with Gasteiger partial charge >= 0.3 is 5.97 Å². The summed E-state index contributed by atoms with van der Waals surface area (Å²) in [5.41, 5.74) is 2.53. The van der Waals surface area contributed by atoms with Gasteiger partial charge in [-0.15, -0.1) is 0 Å². The lowest BCUT2D eigenvalue weighted by Gasteiger charge is -2.36. The van der Waals surface area contributed by atoms with Crippen molar-refractivity contribution in [2.24, 2.45) is 10.8 Å². The third-order valence-electron chi connectivity index (χ3n) is 7.42. The normalized spacial score (nSPS) is 20.6. The molecular formula is C25H30FN3O4. The van der Waals surface area contributed by atoms with Crippen LogP contribution >= 0.6 is 0 Å². The van der Waals surface area contributed by atoms with Crippen molar-refractivity contribution in [3.05, 3.63) is 52.6 Å². The van der Waals surface area contributed by atoms with Crippen LogP contribution in [0.4, 0.5) is 4.39 Å². The Balaban J connectivity index is 1.36. The van der Waals surface area contributed by atoms with Gasteiger partial charge in [0.1, 0.15) is 5.82 Å². The molecular weight excluding hydrogens is 425 g/mol. The van der Waals surface area contributed by atoms with Gasteiger partial charge in [0.25, 0.3) is 5.91 Å². The van der Waals surface area contributed by atoms with E-state index in [-0.39, 0.29) is 28.9 Å². The Kier molecular flexibility index (Phi) is 5.72. The van der Waals surface area contributed by atoms with E-state index in [2.05, 4.69) is 5.32 Å². The number of nitrogens with one attached hydrogen (secondary N) is 1. The quantitative estimate of drug-likeness (QED) is 0.676. The van der Waals surface area contributed by atoms with Gasteiger partial charge in [-0.2, -0.15) is 5.10 Å². The van der Waals surface area contributed by atoms with Crippen molar-refractivity contribution >= 4 is 11.9 Å². The van der Waals surface area contributed by atoms with Gasteiger partial charge in [0.05, 0.1) is 35.7 Å². The Labute approximate surface area is 192 Å². The number of hydrogen-bond acceptors (Lipinski definition) is 5. The molecule has 0 atom stereocenters. The lowest BCUT2D eigenvalue weighted by atomic mass is 9.76. The van der Waals surface area contributed by atoms with Crippen LogP contribution in [-0.2, 0) is 28.9 Å². The van der Waals surface area contributed by atoms with Crippen LogP contribution in [0.2, 0.25) is 0 Å². The summed E-state index contributed by atoms with van der Waals surface area (Å²) in [6.07, 6.45) is 5.14. The van der Waals surface area contributed by atoms with Crippen molar-refractivity contribution in [2.45, 2.75) is 52.0 Å². The SMILES string of the molecule is CCc1nn(CC2(COC(=O)c3cccc(F)c3)CC2)c2c1C(=O)NCC1(CCOCC1)C2. The van der Waals surface area contributed by atoms with Gasteiger partial charge in [0.15, 0.2) is 0 Å². The van der Waals surface area contributed by atoms with Crippen LogP contribution < -0.4 is 5.32 Å². The summed E-state index contributed by atoms with van der Waals surface area (Å²) in [7, 11) is 0. The number of carbonyl (C=O) groups excluding carboxylic acids is 2. The van der Waals surface area contributed by atoms with Crippen LogP contribution in [0, 0.1) is 16.6 Å². The molecule has 3 aliphatic rings. The minimum Gasteiger partial charge on any atom is -0.461 e. The second-order valence-electron chi connectivity index (χ2n) is 9.84. The molecule has 33 heavy (non-hydrogen) atoms. The summed E-state index contributed by atoms with van der Waals surface area (Å²) in [5.74, 6) is -1.02. The van der Waals surface area contributed by atoms with Crippen LogP contribution in [0.5, 0.6) is 0 Å². The Bertz CT molecular complexity index is 1070. The lowest BCUT2D eigenvalue weighted by molar-refractivity contribution is 0.0149. The van der Waals surface area contributed by atoms with Gasteiger partial charge in [0, 0.05) is 25.2 Å². The number of halogens is 1. The maximum Gasteiger partial charge on any atom is 0.338 e. The third-order valence-corrected chi connectivity index (χ3v) is 7.42. The van der Waals surface area contributed by atoms with E-state index in [0.717, 1.165) is 43.5 Å². The molecule has 1 saturated carbocycles. The number of fused-ring (bicyclic) bond motifs is 1. The second kappa shape index (κ2) is 8.56. The fourth-order valence-corrected chi connectivity index (χ4v) is 5.06. The highest BCUT2D eigenvalue weighted by molar-refractivity contribution is 5.97. The van der Waals surface area contributed by atoms with Crippen LogP contribution in [0.1, 0.15) is 64.7 Å². The first-order chi connectivity index (χ1) is 15.9. The highest BCUT2D eigenvalue weighted by Crippen LogP contribution is 2.48. The molecule has 1 amide bonds. The largest absolute Gasteiger partial charge is 0.461 e. The molecule has 1 aromatic carbocycles. The zero-order chi connectivity index (χ0) is 23.1. The maximum absolute atomic E-state index is 13.5. The molecule has 1 spiro atoms. The summed E-state index contributed by atoms with van der Waals surface area (Å²) in [6.45, 7) is 4.95. The van der Waals surface area contributed by atoms with E-state index in [1.807, 2.05) is 11.6 Å². The van der Waals surface area contributed by atoms with Gasteiger partial charge < -0.3 is 14.8 Å². The molecule has 1 aliphatic carbocycles. The average Bonchev–Trinajstić information content (AvgIpc) is 3.53. The molecule has 0 unspecified atom stereocenters. The molecule has 1 saturated heterocycles. The molecule has 176 valence electrons. The van der Waals surface area contributed by atoms with Crippen molar-refractivity contribution in [1.29, 1.82) is 0 Å². The number of hydrogen-bond donors (Lipinski definition) is 1. The number of amides is 1. The van der Waals surface area contributed by atoms with Gasteiger partial charge in [-0.3, -0.25) is 9.48 Å². The molecule has 0 radical (unpaired) electrons. The van der Waals surface area contributed by atoms with Crippen LogP contribution in [0.3, 0.4) is 0 Å². The van der Waals surface area contributed by atoms with E-state index >= 15 is 0 Å². The number of esters is 1. The standard InChI is InChI=1S/C25H30FN3O4/c1-2-19-21-20(13-24(14-27-22(21)30)8-10-32-11-9-24)29(28-19)15-25(6-7-25)16-33-23(31)17-4-3-5-18(26)12-17/h3-5,12H,2,6-11,13-16H2,1H3,(H,27,30). The van der Waals surface area contributed by atoms with Crippen molar-refractivity contribution in [3.8, 4) is 0 Å². The number of rotatable bonds is 6. The molecule has 2 aliphatic heterocycles. The summed E-state index contributed by atoms with van der Waals surface area (Å²) in [4.78, 5) is 25.4. The van der Waals surface area contributed by atoms with Crippen LogP contribution in [0.25, 0.3) is 0 Å². The van der Waals surface area contributed by atoms with E-state index < -0.39 is 11.8 Å². The minimum atomic E-state index is -0.519. The fourth-order valence-electron chi connectivity index (χ4n) is 5.06. The molecule has 1 N–H and O–H groups in total. The van der Waals surface area contributed by atoms with Gasteiger partial charge in [-0.05, 0) is 62.1 Å². The summed E-state index contributed by atoms with van der Waals surface area (Å²) in [6, 6.07) is 5.54. The van der Waals surface area contributed by atoms with Gasteiger partial charge in [-0.25, -0.2) is 9.18 Å². The predicted octanol–water partition coefficient (Wildman–Crippen LogP) is 3.30. The van der Waals surface area contributed by atoms with E-state index in [9.17, 15) is 14.0 Å². The number of benzene rings is 1.